The van der Waals surface area contributed by atoms with Crippen LogP contribution in [0, 0.1) is 23.2 Å². The number of thioether (sulfide) groups is 1. The average molecular weight is 442 g/mol. The molecule has 1 aliphatic heterocycles. The molecule has 4 aliphatic carbocycles. The van der Waals surface area contributed by atoms with Crippen molar-refractivity contribution in [3.05, 3.63) is 18.2 Å². The van der Waals surface area contributed by atoms with Crippen LogP contribution in [0.5, 0.6) is 11.5 Å². The summed E-state index contributed by atoms with van der Waals surface area (Å²) < 4.78 is 12.4. The van der Waals surface area contributed by atoms with Crippen LogP contribution < -0.4 is 14.8 Å². The molecule has 1 amide bonds. The molecule has 0 radical (unpaired) electrons. The van der Waals surface area contributed by atoms with Gasteiger partial charge in [-0.1, -0.05) is 11.8 Å². The Hall–Kier alpha value is -2.29. The normalized spacial score (nSPS) is 31.1. The van der Waals surface area contributed by atoms with E-state index in [1.807, 2.05) is 18.2 Å². The Morgan fingerprint density at radius 3 is 2.65 bits per heavy atom. The fourth-order valence-corrected chi connectivity index (χ4v) is 7.42. The van der Waals surface area contributed by atoms with Crippen molar-refractivity contribution in [1.82, 2.24) is 25.5 Å². The number of hydrogen-bond donors (Lipinski definition) is 1. The van der Waals surface area contributed by atoms with E-state index in [-0.39, 0.29) is 18.7 Å². The molecular weight excluding hydrogens is 414 g/mol. The number of amides is 1. The van der Waals surface area contributed by atoms with Crippen LogP contribution in [0.15, 0.2) is 23.4 Å². The van der Waals surface area contributed by atoms with E-state index in [2.05, 4.69) is 27.8 Å². The maximum atomic E-state index is 12.8. The molecular formula is C22H27N5O3S. The van der Waals surface area contributed by atoms with Crippen LogP contribution in [0.3, 0.4) is 0 Å². The molecule has 1 aromatic heterocycles. The molecule has 1 N–H and O–H groups in total. The van der Waals surface area contributed by atoms with E-state index in [4.69, 9.17) is 9.47 Å². The van der Waals surface area contributed by atoms with Gasteiger partial charge in [-0.25, -0.2) is 0 Å². The van der Waals surface area contributed by atoms with Crippen LogP contribution in [0.25, 0.3) is 5.69 Å². The van der Waals surface area contributed by atoms with Crippen LogP contribution in [0.2, 0.25) is 0 Å². The van der Waals surface area contributed by atoms with E-state index in [9.17, 15) is 4.79 Å². The molecule has 1 aromatic carbocycles. The number of hydrogen-bond acceptors (Lipinski definition) is 7. The SMILES string of the molecule is C[C@@H](NC(=O)CSc1nnnn1-c1ccc2c(c1)OCO2)C12CC3CC(CC(C3)C1)C2. The van der Waals surface area contributed by atoms with Gasteiger partial charge in [0.2, 0.25) is 17.9 Å². The van der Waals surface area contributed by atoms with Gasteiger partial charge >= 0.3 is 0 Å². The van der Waals surface area contributed by atoms with Gasteiger partial charge in [-0.05, 0) is 91.2 Å². The number of aromatic nitrogens is 4. The van der Waals surface area contributed by atoms with E-state index in [1.165, 1.54) is 50.3 Å². The zero-order valence-electron chi connectivity index (χ0n) is 17.6. The first-order chi connectivity index (χ1) is 15.1. The summed E-state index contributed by atoms with van der Waals surface area (Å²) in [5, 5.41) is 15.9. The van der Waals surface area contributed by atoms with Crippen molar-refractivity contribution in [2.75, 3.05) is 12.5 Å². The van der Waals surface area contributed by atoms with Crippen molar-refractivity contribution in [3.63, 3.8) is 0 Å². The standard InChI is InChI=1S/C22H27N5O3S/c1-13(22-8-14-4-15(9-22)6-16(5-14)10-22)23-20(28)11-31-21-24-25-26-27(21)17-2-3-18-19(7-17)30-12-29-18/h2-3,7,13-16H,4-6,8-12H2,1H3,(H,23,28)/t13-,14?,15?,16?,22?/m1/s1. The first-order valence-electron chi connectivity index (χ1n) is 11.2. The second kappa shape index (κ2) is 7.39. The second-order valence-electron chi connectivity index (χ2n) is 9.77. The van der Waals surface area contributed by atoms with E-state index in [0.717, 1.165) is 23.4 Å². The number of carbonyl (C=O) groups is 1. The number of benzene rings is 1. The monoisotopic (exact) mass is 441 g/mol. The number of nitrogens with one attached hydrogen (secondary N) is 1. The van der Waals surface area contributed by atoms with E-state index in [1.54, 1.807) is 4.68 Å². The van der Waals surface area contributed by atoms with Gasteiger partial charge in [0.05, 0.1) is 11.4 Å². The average Bonchev–Trinajstić information content (AvgIpc) is 3.40. The van der Waals surface area contributed by atoms with Crippen LogP contribution in [0.4, 0.5) is 0 Å². The molecule has 0 unspecified atom stereocenters. The Kier molecular flexibility index (Phi) is 4.63. The lowest BCUT2D eigenvalue weighted by Crippen LogP contribution is -2.56. The zero-order valence-corrected chi connectivity index (χ0v) is 18.4. The number of carbonyl (C=O) groups excluding carboxylic acids is 1. The van der Waals surface area contributed by atoms with E-state index in [0.29, 0.717) is 27.8 Å². The summed E-state index contributed by atoms with van der Waals surface area (Å²) in [6.07, 6.45) is 8.11. The fraction of sp³-hybridized carbons (Fsp3) is 0.636. The topological polar surface area (TPSA) is 91.2 Å². The summed E-state index contributed by atoms with van der Waals surface area (Å²) in [7, 11) is 0. The Morgan fingerprint density at radius 1 is 1.19 bits per heavy atom. The molecule has 9 heteroatoms. The van der Waals surface area contributed by atoms with Gasteiger partial charge in [0, 0.05) is 12.1 Å². The molecule has 31 heavy (non-hydrogen) atoms. The lowest BCUT2D eigenvalue weighted by molar-refractivity contribution is -0.123. The molecule has 164 valence electrons. The van der Waals surface area contributed by atoms with Gasteiger partial charge in [-0.15, -0.1) is 5.10 Å². The smallest absolute Gasteiger partial charge is 0.231 e. The highest BCUT2D eigenvalue weighted by atomic mass is 32.2. The van der Waals surface area contributed by atoms with Crippen molar-refractivity contribution in [1.29, 1.82) is 0 Å². The predicted molar refractivity (Wildman–Crippen MR) is 114 cm³/mol. The van der Waals surface area contributed by atoms with Crippen LogP contribution in [0.1, 0.15) is 45.4 Å². The van der Waals surface area contributed by atoms with E-state index >= 15 is 0 Å². The summed E-state index contributed by atoms with van der Waals surface area (Å²) in [5.74, 6) is 4.37. The Bertz CT molecular complexity index is 973. The number of rotatable bonds is 6. The van der Waals surface area contributed by atoms with Crippen LogP contribution >= 0.6 is 11.8 Å². The maximum Gasteiger partial charge on any atom is 0.231 e. The number of tetrazole rings is 1. The Morgan fingerprint density at radius 2 is 1.90 bits per heavy atom. The molecule has 4 fully saturated rings. The minimum atomic E-state index is 0.0495. The van der Waals surface area contributed by atoms with Crippen molar-refractivity contribution in [3.8, 4) is 17.2 Å². The molecule has 4 bridgehead atoms. The highest BCUT2D eigenvalue weighted by Crippen LogP contribution is 2.61. The summed E-state index contributed by atoms with van der Waals surface area (Å²) in [5.41, 5.74) is 1.09. The van der Waals surface area contributed by atoms with Gasteiger partial charge < -0.3 is 14.8 Å². The third-order valence-electron chi connectivity index (χ3n) is 7.76. The van der Waals surface area contributed by atoms with Crippen molar-refractivity contribution in [2.45, 2.75) is 56.6 Å². The van der Waals surface area contributed by atoms with Gasteiger partial charge in [0.25, 0.3) is 0 Å². The molecule has 0 spiro atoms. The molecule has 1 atom stereocenters. The summed E-state index contributed by atoms with van der Waals surface area (Å²) in [6.45, 7) is 2.43. The van der Waals surface area contributed by atoms with Gasteiger partial charge in [-0.2, -0.15) is 4.68 Å². The first-order valence-corrected chi connectivity index (χ1v) is 12.2. The highest BCUT2D eigenvalue weighted by Gasteiger charge is 2.53. The molecule has 0 saturated heterocycles. The lowest BCUT2D eigenvalue weighted by Gasteiger charge is -2.59. The molecule has 2 heterocycles. The molecule has 8 nitrogen and oxygen atoms in total. The first kappa shape index (κ1) is 19.4. The van der Waals surface area contributed by atoms with Crippen molar-refractivity contribution in [2.24, 2.45) is 23.2 Å². The number of ether oxygens (including phenoxy) is 2. The van der Waals surface area contributed by atoms with Crippen molar-refractivity contribution >= 4 is 17.7 Å². The maximum absolute atomic E-state index is 12.8. The minimum absolute atomic E-state index is 0.0495. The molecule has 4 saturated carbocycles. The molecule has 2 aromatic rings. The van der Waals surface area contributed by atoms with E-state index < -0.39 is 0 Å². The Balaban J connectivity index is 1.10. The van der Waals surface area contributed by atoms with Crippen LogP contribution in [-0.4, -0.2) is 44.7 Å². The molecule has 7 rings (SSSR count). The largest absolute Gasteiger partial charge is 0.454 e. The third kappa shape index (κ3) is 3.46. The number of fused-ring (bicyclic) bond motifs is 1. The molecule has 5 aliphatic rings. The summed E-state index contributed by atoms with van der Waals surface area (Å²) in [6, 6.07) is 5.79. The van der Waals surface area contributed by atoms with Crippen LogP contribution in [-0.2, 0) is 4.79 Å². The highest BCUT2D eigenvalue weighted by molar-refractivity contribution is 7.99. The predicted octanol–water partition coefficient (Wildman–Crippen LogP) is 3.20. The van der Waals surface area contributed by atoms with Crippen molar-refractivity contribution < 1.29 is 14.3 Å². The summed E-state index contributed by atoms with van der Waals surface area (Å²) >= 11 is 1.35. The number of nitrogens with zero attached hydrogens (tertiary/aromatic N) is 4. The quantitative estimate of drug-likeness (QED) is 0.688. The summed E-state index contributed by atoms with van der Waals surface area (Å²) in [4.78, 5) is 12.8. The fourth-order valence-electron chi connectivity index (χ4n) is 6.72. The van der Waals surface area contributed by atoms with Gasteiger partial charge in [-0.3, -0.25) is 4.79 Å². The van der Waals surface area contributed by atoms with Gasteiger partial charge in [0.15, 0.2) is 11.5 Å². The lowest BCUT2D eigenvalue weighted by atomic mass is 9.48. The third-order valence-corrected chi connectivity index (χ3v) is 8.67. The van der Waals surface area contributed by atoms with Gasteiger partial charge in [0.1, 0.15) is 0 Å². The zero-order chi connectivity index (χ0) is 21.0. The second-order valence-corrected chi connectivity index (χ2v) is 10.7. The Labute approximate surface area is 185 Å². The minimum Gasteiger partial charge on any atom is -0.454 e.